The molecular weight excluding hydrogens is 232 g/mol. The average Bonchev–Trinajstić information content (AvgIpc) is 2.32. The SMILES string of the molecule is CC1CSCCN1CC(O)c1ccccc1N. The molecule has 1 saturated heterocycles. The van der Waals surface area contributed by atoms with Gasteiger partial charge in [-0.1, -0.05) is 18.2 Å². The number of β-amino-alcohol motifs (C(OH)–C–C–N with tert-alkyl or cyclic N) is 1. The monoisotopic (exact) mass is 252 g/mol. The molecule has 17 heavy (non-hydrogen) atoms. The van der Waals surface area contributed by atoms with E-state index in [2.05, 4.69) is 11.8 Å². The van der Waals surface area contributed by atoms with Crippen LogP contribution < -0.4 is 5.73 Å². The topological polar surface area (TPSA) is 49.5 Å². The van der Waals surface area contributed by atoms with E-state index in [1.165, 1.54) is 0 Å². The second kappa shape index (κ2) is 5.76. The summed E-state index contributed by atoms with van der Waals surface area (Å²) in [5.74, 6) is 2.30. The molecule has 0 aliphatic carbocycles. The van der Waals surface area contributed by atoms with Crippen LogP contribution in [0.4, 0.5) is 5.69 Å². The van der Waals surface area contributed by atoms with Gasteiger partial charge in [0.1, 0.15) is 0 Å². The van der Waals surface area contributed by atoms with Gasteiger partial charge in [-0.3, -0.25) is 4.90 Å². The summed E-state index contributed by atoms with van der Waals surface area (Å²) in [4.78, 5) is 2.34. The number of benzene rings is 1. The van der Waals surface area contributed by atoms with Gasteiger partial charge in [-0.25, -0.2) is 0 Å². The normalized spacial score (nSPS) is 23.5. The van der Waals surface area contributed by atoms with Gasteiger partial charge in [0.25, 0.3) is 0 Å². The summed E-state index contributed by atoms with van der Waals surface area (Å²) in [6.45, 7) is 3.94. The molecule has 0 saturated carbocycles. The van der Waals surface area contributed by atoms with Crippen LogP contribution in [0.1, 0.15) is 18.6 Å². The molecule has 1 aliphatic heterocycles. The number of hydrogen-bond acceptors (Lipinski definition) is 4. The third-order valence-electron chi connectivity index (χ3n) is 3.27. The Hall–Kier alpha value is -0.710. The Morgan fingerprint density at radius 3 is 3.00 bits per heavy atom. The van der Waals surface area contributed by atoms with Crippen molar-refractivity contribution in [1.29, 1.82) is 0 Å². The zero-order chi connectivity index (χ0) is 12.3. The molecule has 2 rings (SSSR count). The number of aliphatic hydroxyl groups excluding tert-OH is 1. The Morgan fingerprint density at radius 2 is 2.29 bits per heavy atom. The van der Waals surface area contributed by atoms with Crippen LogP contribution in [-0.2, 0) is 0 Å². The fourth-order valence-corrected chi connectivity index (χ4v) is 3.25. The summed E-state index contributed by atoms with van der Waals surface area (Å²) in [5, 5.41) is 10.2. The van der Waals surface area contributed by atoms with Gasteiger partial charge in [-0.2, -0.15) is 11.8 Å². The second-order valence-corrected chi connectivity index (χ2v) is 5.71. The van der Waals surface area contributed by atoms with Crippen molar-refractivity contribution < 1.29 is 5.11 Å². The first-order valence-corrected chi connectivity index (χ1v) is 7.18. The van der Waals surface area contributed by atoms with Crippen LogP contribution in [-0.4, -0.2) is 40.6 Å². The molecule has 3 N–H and O–H groups in total. The standard InChI is InChI=1S/C13H20N2OS/c1-10-9-17-7-6-15(10)8-13(16)11-4-2-3-5-12(11)14/h2-5,10,13,16H,6-9,14H2,1H3. The van der Waals surface area contributed by atoms with Crippen LogP contribution in [0.3, 0.4) is 0 Å². The van der Waals surface area contributed by atoms with E-state index in [9.17, 15) is 5.11 Å². The van der Waals surface area contributed by atoms with Crippen molar-refractivity contribution in [3.8, 4) is 0 Å². The third-order valence-corrected chi connectivity index (χ3v) is 4.46. The first-order valence-electron chi connectivity index (χ1n) is 6.02. The summed E-state index contributed by atoms with van der Waals surface area (Å²) in [7, 11) is 0. The average molecular weight is 252 g/mol. The number of nitrogen functional groups attached to an aromatic ring is 1. The summed E-state index contributed by atoms with van der Waals surface area (Å²) >= 11 is 1.98. The fraction of sp³-hybridized carbons (Fsp3) is 0.538. The number of thioether (sulfide) groups is 1. The van der Waals surface area contributed by atoms with E-state index in [-0.39, 0.29) is 0 Å². The summed E-state index contributed by atoms with van der Waals surface area (Å²) in [5.41, 5.74) is 7.40. The van der Waals surface area contributed by atoms with Crippen molar-refractivity contribution in [2.24, 2.45) is 0 Å². The van der Waals surface area contributed by atoms with E-state index < -0.39 is 6.10 Å². The highest BCUT2D eigenvalue weighted by atomic mass is 32.2. The number of nitrogens with zero attached hydrogens (tertiary/aromatic N) is 1. The van der Waals surface area contributed by atoms with Crippen molar-refractivity contribution in [1.82, 2.24) is 4.90 Å². The molecule has 4 heteroatoms. The zero-order valence-electron chi connectivity index (χ0n) is 10.2. The largest absolute Gasteiger partial charge is 0.398 e. The maximum Gasteiger partial charge on any atom is 0.0936 e. The van der Waals surface area contributed by atoms with Gasteiger partial charge in [-0.05, 0) is 13.0 Å². The molecule has 0 amide bonds. The minimum atomic E-state index is -0.484. The van der Waals surface area contributed by atoms with Crippen LogP contribution in [0.2, 0.25) is 0 Å². The maximum absolute atomic E-state index is 10.2. The highest BCUT2D eigenvalue weighted by molar-refractivity contribution is 7.99. The minimum absolute atomic E-state index is 0.484. The molecule has 1 fully saturated rings. The molecule has 3 nitrogen and oxygen atoms in total. The molecule has 1 aliphatic rings. The van der Waals surface area contributed by atoms with Crippen molar-refractivity contribution in [3.63, 3.8) is 0 Å². The van der Waals surface area contributed by atoms with E-state index in [0.29, 0.717) is 18.3 Å². The molecule has 0 radical (unpaired) electrons. The second-order valence-electron chi connectivity index (χ2n) is 4.56. The van der Waals surface area contributed by atoms with Gasteiger partial charge in [0.05, 0.1) is 6.10 Å². The highest BCUT2D eigenvalue weighted by Gasteiger charge is 2.22. The molecule has 1 heterocycles. The number of para-hydroxylation sites is 1. The van der Waals surface area contributed by atoms with Crippen molar-refractivity contribution in [2.45, 2.75) is 19.1 Å². The minimum Gasteiger partial charge on any atom is -0.398 e. The molecule has 1 aromatic rings. The first-order chi connectivity index (χ1) is 8.18. The van der Waals surface area contributed by atoms with Gasteiger partial charge in [0.2, 0.25) is 0 Å². The van der Waals surface area contributed by atoms with Gasteiger partial charge >= 0.3 is 0 Å². The number of rotatable bonds is 3. The maximum atomic E-state index is 10.2. The van der Waals surface area contributed by atoms with Crippen LogP contribution >= 0.6 is 11.8 Å². The van der Waals surface area contributed by atoms with Crippen LogP contribution in [0.15, 0.2) is 24.3 Å². The van der Waals surface area contributed by atoms with Crippen LogP contribution in [0.5, 0.6) is 0 Å². The lowest BCUT2D eigenvalue weighted by Crippen LogP contribution is -2.42. The number of anilines is 1. The lowest BCUT2D eigenvalue weighted by molar-refractivity contribution is 0.0994. The Labute approximate surface area is 107 Å². The number of aliphatic hydroxyl groups is 1. The van der Waals surface area contributed by atoms with E-state index in [1.54, 1.807) is 0 Å². The summed E-state index contributed by atoms with van der Waals surface area (Å²) in [6.07, 6.45) is -0.484. The lowest BCUT2D eigenvalue weighted by atomic mass is 10.1. The molecule has 0 aromatic heterocycles. The van der Waals surface area contributed by atoms with E-state index in [4.69, 9.17) is 5.73 Å². The Kier molecular flexibility index (Phi) is 4.31. The van der Waals surface area contributed by atoms with Crippen molar-refractivity contribution in [3.05, 3.63) is 29.8 Å². The molecule has 1 aromatic carbocycles. The first kappa shape index (κ1) is 12.7. The van der Waals surface area contributed by atoms with E-state index in [1.807, 2.05) is 36.0 Å². The van der Waals surface area contributed by atoms with E-state index >= 15 is 0 Å². The molecule has 2 atom stereocenters. The van der Waals surface area contributed by atoms with Crippen LogP contribution in [0, 0.1) is 0 Å². The zero-order valence-corrected chi connectivity index (χ0v) is 11.0. The lowest BCUT2D eigenvalue weighted by Gasteiger charge is -2.34. The highest BCUT2D eigenvalue weighted by Crippen LogP contribution is 2.23. The van der Waals surface area contributed by atoms with Crippen molar-refractivity contribution in [2.75, 3.05) is 30.3 Å². The van der Waals surface area contributed by atoms with Gasteiger partial charge in [-0.15, -0.1) is 0 Å². The predicted molar refractivity (Wildman–Crippen MR) is 74.2 cm³/mol. The predicted octanol–water partition coefficient (Wildman–Crippen LogP) is 1.74. The Morgan fingerprint density at radius 1 is 1.53 bits per heavy atom. The van der Waals surface area contributed by atoms with Gasteiger partial charge in [0, 0.05) is 41.9 Å². The Balaban J connectivity index is 2.01. The molecule has 0 spiro atoms. The third kappa shape index (κ3) is 3.15. The van der Waals surface area contributed by atoms with E-state index in [0.717, 1.165) is 23.6 Å². The quantitative estimate of drug-likeness (QED) is 0.805. The van der Waals surface area contributed by atoms with Crippen molar-refractivity contribution >= 4 is 17.4 Å². The molecule has 2 unspecified atom stereocenters. The smallest absolute Gasteiger partial charge is 0.0936 e. The number of nitrogens with two attached hydrogens (primary N) is 1. The summed E-state index contributed by atoms with van der Waals surface area (Å²) < 4.78 is 0. The molecular formula is C13H20N2OS. The molecule has 0 bridgehead atoms. The van der Waals surface area contributed by atoms with Crippen LogP contribution in [0.25, 0.3) is 0 Å². The van der Waals surface area contributed by atoms with Gasteiger partial charge < -0.3 is 10.8 Å². The Bertz CT molecular complexity index is 372. The number of hydrogen-bond donors (Lipinski definition) is 2. The van der Waals surface area contributed by atoms with Gasteiger partial charge in [0.15, 0.2) is 0 Å². The molecule has 94 valence electrons. The fourth-order valence-electron chi connectivity index (χ4n) is 2.17. The summed E-state index contributed by atoms with van der Waals surface area (Å²) in [6, 6.07) is 8.10.